The minimum absolute atomic E-state index is 0.233. The van der Waals surface area contributed by atoms with Crippen LogP contribution in [0, 0.1) is 6.92 Å². The van der Waals surface area contributed by atoms with Crippen LogP contribution < -0.4 is 0 Å². The van der Waals surface area contributed by atoms with Gasteiger partial charge in [-0.05, 0) is 24.6 Å². The summed E-state index contributed by atoms with van der Waals surface area (Å²) in [6.45, 7) is 1.95. The Morgan fingerprint density at radius 2 is 1.79 bits per heavy atom. The van der Waals surface area contributed by atoms with E-state index >= 15 is 0 Å². The molecule has 0 aliphatic rings. The van der Waals surface area contributed by atoms with Crippen LogP contribution in [0.3, 0.4) is 0 Å². The Labute approximate surface area is 99.4 Å². The highest BCUT2D eigenvalue weighted by molar-refractivity contribution is 9.10. The minimum Gasteiger partial charge on any atom is -0.231 e. The van der Waals surface area contributed by atoms with E-state index in [9.17, 15) is 0 Å². The normalized spacial score (nSPS) is 10.9. The lowest BCUT2D eigenvalue weighted by molar-refractivity contribution is 1.27. The van der Waals surface area contributed by atoms with Crippen LogP contribution in [-0.4, -0.2) is 9.97 Å². The highest BCUT2D eigenvalue weighted by Crippen LogP contribution is 2.25. The molecular weight excluding hydrogens is 287 g/mol. The molecule has 2 aromatic rings. The Kier molecular flexibility index (Phi) is 2.64. The van der Waals surface area contributed by atoms with Gasteiger partial charge < -0.3 is 0 Å². The van der Waals surface area contributed by atoms with Crippen molar-refractivity contribution in [1.82, 2.24) is 9.97 Å². The largest absolute Gasteiger partial charge is 0.231 e. The van der Waals surface area contributed by atoms with E-state index in [1.165, 1.54) is 0 Å². The molecule has 0 radical (unpaired) electrons. The van der Waals surface area contributed by atoms with Gasteiger partial charge in [0.1, 0.15) is 0 Å². The van der Waals surface area contributed by atoms with Gasteiger partial charge >= 0.3 is 0 Å². The molecule has 0 atom stereocenters. The van der Waals surface area contributed by atoms with Gasteiger partial charge in [-0.2, -0.15) is 0 Å². The van der Waals surface area contributed by atoms with Gasteiger partial charge in [-0.15, -0.1) is 0 Å². The van der Waals surface area contributed by atoms with E-state index in [0.29, 0.717) is 0 Å². The molecule has 72 valence electrons. The summed E-state index contributed by atoms with van der Waals surface area (Å²) in [5, 5.41) is 0.473. The molecule has 0 saturated carbocycles. The van der Waals surface area contributed by atoms with Gasteiger partial charge in [-0.25, -0.2) is 9.97 Å². The van der Waals surface area contributed by atoms with Crippen LogP contribution in [-0.2, 0) is 0 Å². The Hall–Kier alpha value is -0.380. The number of benzene rings is 1. The van der Waals surface area contributed by atoms with E-state index in [2.05, 4.69) is 25.9 Å². The first-order valence-electron chi connectivity index (χ1n) is 3.87. The number of hydrogen-bond acceptors (Lipinski definition) is 2. The standard InChI is InChI=1S/C9H5BrCl2N2/c1-4-2-5(10)3-6-7(4)14-9(12)8(11)13-6/h2-3H,1H3. The Morgan fingerprint density at radius 3 is 2.50 bits per heavy atom. The van der Waals surface area contributed by atoms with Crippen LogP contribution in [0.4, 0.5) is 0 Å². The predicted molar refractivity (Wildman–Crippen MR) is 62.0 cm³/mol. The lowest BCUT2D eigenvalue weighted by Crippen LogP contribution is -1.89. The van der Waals surface area contributed by atoms with Gasteiger partial charge in [0.05, 0.1) is 11.0 Å². The van der Waals surface area contributed by atoms with Crippen molar-refractivity contribution in [2.75, 3.05) is 0 Å². The van der Waals surface area contributed by atoms with Crippen molar-refractivity contribution >= 4 is 50.2 Å². The molecule has 0 amide bonds. The zero-order valence-corrected chi connectivity index (χ0v) is 10.3. The van der Waals surface area contributed by atoms with Gasteiger partial charge in [0.25, 0.3) is 0 Å². The third-order valence-corrected chi connectivity index (χ3v) is 2.93. The molecule has 1 aromatic heterocycles. The lowest BCUT2D eigenvalue weighted by Gasteiger charge is -2.03. The maximum atomic E-state index is 5.78. The van der Waals surface area contributed by atoms with Gasteiger partial charge in [-0.1, -0.05) is 39.1 Å². The van der Waals surface area contributed by atoms with E-state index in [4.69, 9.17) is 23.2 Å². The molecule has 0 N–H and O–H groups in total. The number of aryl methyl sites for hydroxylation is 1. The van der Waals surface area contributed by atoms with Crippen molar-refractivity contribution in [3.05, 3.63) is 32.5 Å². The summed E-state index contributed by atoms with van der Waals surface area (Å²) in [6.07, 6.45) is 0. The number of aromatic nitrogens is 2. The maximum absolute atomic E-state index is 5.78. The fourth-order valence-electron chi connectivity index (χ4n) is 1.24. The third kappa shape index (κ3) is 1.72. The summed E-state index contributed by atoms with van der Waals surface area (Å²) in [5.41, 5.74) is 2.54. The Balaban J connectivity index is 2.89. The molecule has 1 aromatic carbocycles. The molecule has 5 heteroatoms. The van der Waals surface area contributed by atoms with Crippen molar-refractivity contribution in [2.24, 2.45) is 0 Å². The SMILES string of the molecule is Cc1cc(Br)cc2nc(Cl)c(Cl)nc12. The molecule has 0 aliphatic heterocycles. The first-order chi connectivity index (χ1) is 6.58. The number of rotatable bonds is 0. The van der Waals surface area contributed by atoms with E-state index in [-0.39, 0.29) is 10.3 Å². The minimum atomic E-state index is 0.233. The molecule has 0 bridgehead atoms. The van der Waals surface area contributed by atoms with Crippen LogP contribution in [0.15, 0.2) is 16.6 Å². The van der Waals surface area contributed by atoms with E-state index < -0.39 is 0 Å². The molecular formula is C9H5BrCl2N2. The molecule has 0 fully saturated rings. The second-order valence-electron chi connectivity index (χ2n) is 2.90. The van der Waals surface area contributed by atoms with Crippen molar-refractivity contribution in [3.63, 3.8) is 0 Å². The number of hydrogen-bond donors (Lipinski definition) is 0. The zero-order chi connectivity index (χ0) is 10.3. The maximum Gasteiger partial charge on any atom is 0.167 e. The Bertz CT molecular complexity index is 514. The third-order valence-electron chi connectivity index (χ3n) is 1.84. The molecule has 0 spiro atoms. The zero-order valence-electron chi connectivity index (χ0n) is 7.18. The van der Waals surface area contributed by atoms with E-state index in [0.717, 1.165) is 21.1 Å². The quantitative estimate of drug-likeness (QED) is 0.733. The summed E-state index contributed by atoms with van der Waals surface area (Å²) in [4.78, 5) is 8.30. The summed E-state index contributed by atoms with van der Waals surface area (Å²) >= 11 is 14.9. The van der Waals surface area contributed by atoms with Crippen LogP contribution in [0.5, 0.6) is 0 Å². The smallest absolute Gasteiger partial charge is 0.167 e. The molecule has 0 unspecified atom stereocenters. The first-order valence-corrected chi connectivity index (χ1v) is 5.42. The van der Waals surface area contributed by atoms with Crippen molar-refractivity contribution in [3.8, 4) is 0 Å². The number of halogens is 3. The molecule has 2 nitrogen and oxygen atoms in total. The van der Waals surface area contributed by atoms with Crippen LogP contribution >= 0.6 is 39.1 Å². The van der Waals surface area contributed by atoms with E-state index in [1.54, 1.807) is 0 Å². The van der Waals surface area contributed by atoms with Gasteiger partial charge in [0.15, 0.2) is 10.3 Å². The molecule has 0 aliphatic carbocycles. The summed E-state index contributed by atoms with van der Waals surface area (Å²) < 4.78 is 0.954. The Morgan fingerprint density at radius 1 is 1.14 bits per heavy atom. The van der Waals surface area contributed by atoms with Crippen molar-refractivity contribution in [1.29, 1.82) is 0 Å². The molecule has 1 heterocycles. The summed E-state index contributed by atoms with van der Waals surface area (Å²) in [6, 6.07) is 3.82. The van der Waals surface area contributed by atoms with E-state index in [1.807, 2.05) is 19.1 Å². The molecule has 14 heavy (non-hydrogen) atoms. The van der Waals surface area contributed by atoms with Crippen molar-refractivity contribution in [2.45, 2.75) is 6.92 Å². The summed E-state index contributed by atoms with van der Waals surface area (Å²) in [7, 11) is 0. The van der Waals surface area contributed by atoms with Crippen LogP contribution in [0.2, 0.25) is 10.3 Å². The number of nitrogens with zero attached hydrogens (tertiary/aromatic N) is 2. The van der Waals surface area contributed by atoms with Gasteiger partial charge in [0, 0.05) is 4.47 Å². The average molecular weight is 292 g/mol. The first kappa shape index (κ1) is 10.1. The molecule has 2 rings (SSSR count). The number of fused-ring (bicyclic) bond motifs is 1. The second-order valence-corrected chi connectivity index (χ2v) is 4.53. The topological polar surface area (TPSA) is 25.8 Å². The van der Waals surface area contributed by atoms with Crippen LogP contribution in [0.25, 0.3) is 11.0 Å². The average Bonchev–Trinajstić information content (AvgIpc) is 2.08. The second kappa shape index (κ2) is 3.65. The predicted octanol–water partition coefficient (Wildman–Crippen LogP) is 4.01. The molecule has 0 saturated heterocycles. The summed E-state index contributed by atoms with van der Waals surface area (Å²) in [5.74, 6) is 0. The fourth-order valence-corrected chi connectivity index (χ4v) is 2.06. The lowest BCUT2D eigenvalue weighted by atomic mass is 10.2. The fraction of sp³-hybridized carbons (Fsp3) is 0.111. The van der Waals surface area contributed by atoms with Gasteiger partial charge in [-0.3, -0.25) is 0 Å². The van der Waals surface area contributed by atoms with Crippen molar-refractivity contribution < 1.29 is 0 Å². The van der Waals surface area contributed by atoms with Gasteiger partial charge in [0.2, 0.25) is 0 Å². The van der Waals surface area contributed by atoms with Crippen LogP contribution in [0.1, 0.15) is 5.56 Å². The highest BCUT2D eigenvalue weighted by Gasteiger charge is 2.07. The highest BCUT2D eigenvalue weighted by atomic mass is 79.9. The monoisotopic (exact) mass is 290 g/mol.